The number of carbonyl (C=O) groups is 2. The zero-order valence-corrected chi connectivity index (χ0v) is 22.1. The molecule has 37 heavy (non-hydrogen) atoms. The quantitative estimate of drug-likeness (QED) is 0.349. The number of aliphatic hydroxyl groups excluding tert-OH is 1. The van der Waals surface area contributed by atoms with Crippen molar-refractivity contribution >= 4 is 17.8 Å². The molecule has 9 nitrogen and oxygen atoms in total. The fraction of sp³-hybridized carbons (Fsp3) is 0.464. The van der Waals surface area contributed by atoms with Crippen molar-refractivity contribution in [2.45, 2.75) is 57.3 Å². The SMILES string of the molecule is CNC(=O)[C@]1(CCC(=O)OC(C)(C)C)N=C(c2ccc(OCCCO)cc2)O[C@@H]1c1cccc(OC)c1. The van der Waals surface area contributed by atoms with Crippen molar-refractivity contribution in [2.75, 3.05) is 27.4 Å². The Morgan fingerprint density at radius 1 is 1.14 bits per heavy atom. The molecule has 1 aliphatic rings. The molecule has 0 bridgehead atoms. The third kappa shape index (κ3) is 7.01. The average Bonchev–Trinajstić information content (AvgIpc) is 3.27. The minimum Gasteiger partial charge on any atom is -0.497 e. The Labute approximate surface area is 217 Å². The Balaban J connectivity index is 1.99. The van der Waals surface area contributed by atoms with Crippen LogP contribution in [0.4, 0.5) is 0 Å². The van der Waals surface area contributed by atoms with E-state index >= 15 is 0 Å². The number of rotatable bonds is 11. The van der Waals surface area contributed by atoms with Crippen molar-refractivity contribution in [1.29, 1.82) is 0 Å². The van der Waals surface area contributed by atoms with Gasteiger partial charge in [0.25, 0.3) is 5.91 Å². The highest BCUT2D eigenvalue weighted by Crippen LogP contribution is 2.44. The number of nitrogens with zero attached hydrogens (tertiary/aromatic N) is 1. The van der Waals surface area contributed by atoms with Gasteiger partial charge in [0.15, 0.2) is 11.6 Å². The minimum absolute atomic E-state index is 0.0249. The molecule has 0 spiro atoms. The van der Waals surface area contributed by atoms with Crippen LogP contribution in [0.3, 0.4) is 0 Å². The standard InChI is InChI=1S/C28H36N2O7/c1-27(2,3)37-23(32)14-15-28(26(33)29-4)24(20-8-6-9-22(18-20)34-5)36-25(30-28)19-10-12-21(13-11-19)35-17-7-16-31/h6,8-13,18,24,31H,7,14-17H2,1-5H3,(H,29,33)/t24-,28-/m1/s1. The van der Waals surface area contributed by atoms with Crippen molar-refractivity contribution in [3.05, 3.63) is 59.7 Å². The summed E-state index contributed by atoms with van der Waals surface area (Å²) in [5.74, 6) is 0.734. The molecule has 2 aromatic carbocycles. The molecule has 2 aromatic rings. The molecular weight excluding hydrogens is 476 g/mol. The normalized spacial score (nSPS) is 19.0. The Hall–Kier alpha value is -3.59. The summed E-state index contributed by atoms with van der Waals surface area (Å²) in [6.45, 7) is 5.84. The fourth-order valence-electron chi connectivity index (χ4n) is 4.08. The van der Waals surface area contributed by atoms with E-state index in [1.54, 1.807) is 64.3 Å². The van der Waals surface area contributed by atoms with E-state index in [1.807, 2.05) is 12.1 Å². The lowest BCUT2D eigenvalue weighted by molar-refractivity contribution is -0.155. The van der Waals surface area contributed by atoms with Crippen molar-refractivity contribution in [1.82, 2.24) is 5.32 Å². The highest BCUT2D eigenvalue weighted by atomic mass is 16.6. The van der Waals surface area contributed by atoms with E-state index in [4.69, 9.17) is 29.0 Å². The number of esters is 1. The van der Waals surface area contributed by atoms with E-state index in [0.29, 0.717) is 35.7 Å². The largest absolute Gasteiger partial charge is 0.497 e. The summed E-state index contributed by atoms with van der Waals surface area (Å²) < 4.78 is 22.8. The number of amides is 1. The van der Waals surface area contributed by atoms with E-state index in [9.17, 15) is 9.59 Å². The summed E-state index contributed by atoms with van der Waals surface area (Å²) in [6, 6.07) is 14.4. The van der Waals surface area contributed by atoms with Gasteiger partial charge in [0, 0.05) is 32.1 Å². The van der Waals surface area contributed by atoms with Crippen LogP contribution in [0.5, 0.6) is 11.5 Å². The van der Waals surface area contributed by atoms with Gasteiger partial charge in [-0.05, 0) is 69.2 Å². The summed E-state index contributed by atoms with van der Waals surface area (Å²) in [5.41, 5.74) is -0.713. The smallest absolute Gasteiger partial charge is 0.306 e. The van der Waals surface area contributed by atoms with E-state index in [-0.39, 0.29) is 31.3 Å². The maximum Gasteiger partial charge on any atom is 0.306 e. The third-order valence-corrected chi connectivity index (χ3v) is 5.78. The molecule has 2 N–H and O–H groups in total. The van der Waals surface area contributed by atoms with Crippen LogP contribution in [0.25, 0.3) is 0 Å². The molecule has 0 saturated heterocycles. The van der Waals surface area contributed by atoms with E-state index < -0.39 is 23.2 Å². The molecule has 2 atom stereocenters. The lowest BCUT2D eigenvalue weighted by Crippen LogP contribution is -2.47. The van der Waals surface area contributed by atoms with Crippen LogP contribution in [0.1, 0.15) is 57.3 Å². The summed E-state index contributed by atoms with van der Waals surface area (Å²) >= 11 is 0. The van der Waals surface area contributed by atoms with E-state index in [2.05, 4.69) is 5.32 Å². The van der Waals surface area contributed by atoms with Crippen LogP contribution < -0.4 is 14.8 Å². The van der Waals surface area contributed by atoms with Gasteiger partial charge in [-0.1, -0.05) is 12.1 Å². The first-order chi connectivity index (χ1) is 17.6. The fourth-order valence-corrected chi connectivity index (χ4v) is 4.08. The van der Waals surface area contributed by atoms with Gasteiger partial charge in [0.05, 0.1) is 13.7 Å². The molecule has 200 valence electrons. The van der Waals surface area contributed by atoms with Gasteiger partial charge >= 0.3 is 5.97 Å². The van der Waals surface area contributed by atoms with Crippen molar-refractivity contribution < 1.29 is 33.6 Å². The van der Waals surface area contributed by atoms with Gasteiger partial charge in [-0.2, -0.15) is 0 Å². The lowest BCUT2D eigenvalue weighted by Gasteiger charge is -2.30. The van der Waals surface area contributed by atoms with Gasteiger partial charge in [0.2, 0.25) is 5.90 Å². The molecule has 0 radical (unpaired) electrons. The second-order valence-electron chi connectivity index (χ2n) is 9.73. The van der Waals surface area contributed by atoms with Crippen LogP contribution in [0.2, 0.25) is 0 Å². The van der Waals surface area contributed by atoms with Crippen LogP contribution in [0, 0.1) is 0 Å². The number of ether oxygens (including phenoxy) is 4. The Kier molecular flexibility index (Phi) is 9.15. The molecule has 0 unspecified atom stereocenters. The number of nitrogens with one attached hydrogen (secondary N) is 1. The molecule has 1 aliphatic heterocycles. The van der Waals surface area contributed by atoms with Gasteiger partial charge in [0.1, 0.15) is 17.1 Å². The van der Waals surface area contributed by atoms with Gasteiger partial charge < -0.3 is 29.4 Å². The maximum atomic E-state index is 13.4. The number of benzene rings is 2. The maximum absolute atomic E-state index is 13.4. The number of likely N-dealkylation sites (N-methyl/N-ethyl adjacent to an activating group) is 1. The van der Waals surface area contributed by atoms with Gasteiger partial charge in [-0.3, -0.25) is 9.59 Å². The zero-order chi connectivity index (χ0) is 27.1. The molecule has 0 aromatic heterocycles. The molecule has 0 aliphatic carbocycles. The first-order valence-corrected chi connectivity index (χ1v) is 12.3. The van der Waals surface area contributed by atoms with Gasteiger partial charge in [-0.25, -0.2) is 4.99 Å². The zero-order valence-electron chi connectivity index (χ0n) is 22.1. The van der Waals surface area contributed by atoms with Crippen LogP contribution in [-0.4, -0.2) is 61.4 Å². The number of carbonyl (C=O) groups excluding carboxylic acids is 2. The summed E-state index contributed by atoms with van der Waals surface area (Å²) in [4.78, 5) is 30.9. The predicted molar refractivity (Wildman–Crippen MR) is 139 cm³/mol. The lowest BCUT2D eigenvalue weighted by atomic mass is 9.83. The Morgan fingerprint density at radius 3 is 2.49 bits per heavy atom. The summed E-state index contributed by atoms with van der Waals surface area (Å²) in [7, 11) is 3.10. The summed E-state index contributed by atoms with van der Waals surface area (Å²) in [5, 5.41) is 11.7. The molecule has 3 rings (SSSR count). The highest BCUT2D eigenvalue weighted by molar-refractivity contribution is 6.01. The van der Waals surface area contributed by atoms with Crippen molar-refractivity contribution in [3.8, 4) is 11.5 Å². The van der Waals surface area contributed by atoms with Crippen LogP contribution in [0.15, 0.2) is 53.5 Å². The minimum atomic E-state index is -1.41. The average molecular weight is 513 g/mol. The topological polar surface area (TPSA) is 116 Å². The molecular formula is C28H36N2O7. The second-order valence-corrected chi connectivity index (χ2v) is 9.73. The molecule has 1 amide bonds. The Bertz CT molecular complexity index is 1110. The second kappa shape index (κ2) is 12.1. The molecule has 1 heterocycles. The van der Waals surface area contributed by atoms with E-state index in [1.165, 1.54) is 7.05 Å². The number of aliphatic hydroxyl groups is 1. The van der Waals surface area contributed by atoms with Crippen molar-refractivity contribution in [2.24, 2.45) is 4.99 Å². The van der Waals surface area contributed by atoms with Crippen LogP contribution >= 0.6 is 0 Å². The number of hydrogen-bond donors (Lipinski definition) is 2. The molecule has 0 saturated carbocycles. The number of hydrogen-bond acceptors (Lipinski definition) is 8. The third-order valence-electron chi connectivity index (χ3n) is 5.78. The van der Waals surface area contributed by atoms with Gasteiger partial charge in [-0.15, -0.1) is 0 Å². The number of methoxy groups -OCH3 is 1. The predicted octanol–water partition coefficient (Wildman–Crippen LogP) is 3.58. The first-order valence-electron chi connectivity index (χ1n) is 12.3. The van der Waals surface area contributed by atoms with Crippen molar-refractivity contribution in [3.63, 3.8) is 0 Å². The molecule has 0 fully saturated rings. The molecule has 9 heteroatoms. The summed E-state index contributed by atoms with van der Waals surface area (Å²) in [6.07, 6.45) is -0.217. The highest BCUT2D eigenvalue weighted by Gasteiger charge is 2.53. The first kappa shape index (κ1) is 28.0. The monoisotopic (exact) mass is 512 g/mol. The van der Waals surface area contributed by atoms with E-state index in [0.717, 1.165) is 0 Å². The number of aliphatic imine (C=N–C) groups is 1. The Morgan fingerprint density at radius 2 is 1.86 bits per heavy atom. The van der Waals surface area contributed by atoms with Crippen LogP contribution in [-0.2, 0) is 19.1 Å².